The zero-order chi connectivity index (χ0) is 10.6. The lowest BCUT2D eigenvalue weighted by Gasteiger charge is -1.97. The third-order valence-electron chi connectivity index (χ3n) is 1.60. The first-order valence-corrected chi connectivity index (χ1v) is 5.71. The van der Waals surface area contributed by atoms with Crippen LogP contribution in [0.2, 0.25) is 0 Å². The van der Waals surface area contributed by atoms with Crippen LogP contribution in [0.15, 0.2) is 58.9 Å². The second-order valence-electron chi connectivity index (χ2n) is 3.01. The van der Waals surface area contributed by atoms with Crippen LogP contribution in [0.3, 0.4) is 0 Å². The smallest absolute Gasteiger partial charge is 0.199 e. The maximum absolute atomic E-state index is 11.6. The molecular formula is C11H12O2S. The van der Waals surface area contributed by atoms with Crippen molar-refractivity contribution in [3.8, 4) is 0 Å². The second-order valence-corrected chi connectivity index (χ2v) is 4.84. The zero-order valence-electron chi connectivity index (χ0n) is 7.97. The lowest BCUT2D eigenvalue weighted by Crippen LogP contribution is -1.95. The summed E-state index contributed by atoms with van der Waals surface area (Å²) in [7, 11) is -3.30. The van der Waals surface area contributed by atoms with Gasteiger partial charge in [-0.2, -0.15) is 0 Å². The molecule has 0 spiro atoms. The third-order valence-corrected chi connectivity index (χ3v) is 3.03. The van der Waals surface area contributed by atoms with Crippen molar-refractivity contribution < 1.29 is 8.42 Å². The molecule has 2 nitrogen and oxygen atoms in total. The third kappa shape index (κ3) is 2.85. The first-order valence-electron chi connectivity index (χ1n) is 4.16. The van der Waals surface area contributed by atoms with E-state index in [-0.39, 0.29) is 0 Å². The van der Waals surface area contributed by atoms with Gasteiger partial charge in [-0.15, -0.1) is 0 Å². The predicted octanol–water partition coefficient (Wildman–Crippen LogP) is 2.55. The molecule has 0 aromatic heterocycles. The number of hydrogen-bond donors (Lipinski definition) is 0. The maximum Gasteiger partial charge on any atom is 0.199 e. The van der Waals surface area contributed by atoms with Crippen LogP contribution in [0.5, 0.6) is 0 Å². The highest BCUT2D eigenvalue weighted by Crippen LogP contribution is 2.11. The molecule has 1 rings (SSSR count). The van der Waals surface area contributed by atoms with Crippen molar-refractivity contribution in [2.75, 3.05) is 0 Å². The first kappa shape index (κ1) is 10.7. The number of allylic oxidation sites excluding steroid dienone is 2. The van der Waals surface area contributed by atoms with Crippen molar-refractivity contribution in [2.24, 2.45) is 0 Å². The molecule has 0 bridgehead atoms. The summed E-state index contributed by atoms with van der Waals surface area (Å²) in [6.45, 7) is 5.35. The van der Waals surface area contributed by atoms with Crippen molar-refractivity contribution in [1.82, 2.24) is 0 Å². The van der Waals surface area contributed by atoms with Gasteiger partial charge in [0.15, 0.2) is 9.84 Å². The van der Waals surface area contributed by atoms with Gasteiger partial charge in [0.25, 0.3) is 0 Å². The van der Waals surface area contributed by atoms with Crippen LogP contribution in [0.4, 0.5) is 0 Å². The minimum absolute atomic E-state index is 0.303. The molecular weight excluding hydrogens is 196 g/mol. The molecule has 0 aliphatic rings. The zero-order valence-corrected chi connectivity index (χ0v) is 8.79. The average molecular weight is 208 g/mol. The van der Waals surface area contributed by atoms with Gasteiger partial charge >= 0.3 is 0 Å². The molecule has 0 unspecified atom stereocenters. The molecule has 0 aliphatic heterocycles. The second kappa shape index (κ2) is 4.24. The highest BCUT2D eigenvalue weighted by molar-refractivity contribution is 7.94. The van der Waals surface area contributed by atoms with E-state index in [1.807, 2.05) is 0 Å². The molecule has 0 saturated carbocycles. The molecule has 0 aliphatic carbocycles. The summed E-state index contributed by atoms with van der Waals surface area (Å²) < 4.78 is 23.2. The van der Waals surface area contributed by atoms with E-state index in [0.29, 0.717) is 10.5 Å². The van der Waals surface area contributed by atoms with E-state index < -0.39 is 9.84 Å². The summed E-state index contributed by atoms with van der Waals surface area (Å²) in [5, 5.41) is 1.17. The number of hydrogen-bond acceptors (Lipinski definition) is 2. The summed E-state index contributed by atoms with van der Waals surface area (Å²) in [4.78, 5) is 0.303. The Labute approximate surface area is 84.5 Å². The molecule has 0 saturated heterocycles. The highest BCUT2D eigenvalue weighted by Gasteiger charge is 2.07. The fraction of sp³-hybridized carbons (Fsp3) is 0.0909. The fourth-order valence-corrected chi connectivity index (χ4v) is 2.00. The minimum Gasteiger partial charge on any atom is -0.219 e. The molecule has 0 heterocycles. The number of benzene rings is 1. The van der Waals surface area contributed by atoms with E-state index in [1.165, 1.54) is 11.5 Å². The summed E-state index contributed by atoms with van der Waals surface area (Å²) >= 11 is 0. The molecule has 1 aromatic carbocycles. The van der Waals surface area contributed by atoms with Gasteiger partial charge in [0.2, 0.25) is 0 Å². The predicted molar refractivity (Wildman–Crippen MR) is 57.6 cm³/mol. The topological polar surface area (TPSA) is 34.1 Å². The van der Waals surface area contributed by atoms with E-state index in [0.717, 1.165) is 0 Å². The molecule has 0 fully saturated rings. The van der Waals surface area contributed by atoms with Crippen molar-refractivity contribution in [1.29, 1.82) is 0 Å². The average Bonchev–Trinajstić information content (AvgIpc) is 2.16. The van der Waals surface area contributed by atoms with Gasteiger partial charge in [-0.05, 0) is 25.1 Å². The van der Waals surface area contributed by atoms with Gasteiger partial charge in [0, 0.05) is 5.41 Å². The minimum atomic E-state index is -3.30. The van der Waals surface area contributed by atoms with Crippen LogP contribution >= 0.6 is 0 Å². The SMILES string of the molecule is C=C(C)C=CS(=O)(=O)c1ccccc1. The fourth-order valence-electron chi connectivity index (χ4n) is 0.894. The van der Waals surface area contributed by atoms with Gasteiger partial charge in [-0.1, -0.05) is 30.4 Å². The molecule has 0 amide bonds. The van der Waals surface area contributed by atoms with Crippen molar-refractivity contribution >= 4 is 9.84 Å². The van der Waals surface area contributed by atoms with Crippen LogP contribution in [0.25, 0.3) is 0 Å². The van der Waals surface area contributed by atoms with E-state index in [4.69, 9.17) is 0 Å². The summed E-state index contributed by atoms with van der Waals surface area (Å²) in [5.41, 5.74) is 0.713. The van der Waals surface area contributed by atoms with Crippen LogP contribution in [0.1, 0.15) is 6.92 Å². The Kier molecular flexibility index (Phi) is 3.25. The van der Waals surface area contributed by atoms with E-state index in [1.54, 1.807) is 37.3 Å². The van der Waals surface area contributed by atoms with Crippen LogP contribution in [0, 0.1) is 0 Å². The lowest BCUT2D eigenvalue weighted by molar-refractivity contribution is 0.604. The molecule has 14 heavy (non-hydrogen) atoms. The van der Waals surface area contributed by atoms with Gasteiger partial charge in [-0.25, -0.2) is 8.42 Å². The quantitative estimate of drug-likeness (QED) is 0.715. The van der Waals surface area contributed by atoms with E-state index in [2.05, 4.69) is 6.58 Å². The molecule has 0 atom stereocenters. The number of sulfone groups is 1. The Morgan fingerprint density at radius 1 is 1.29 bits per heavy atom. The Morgan fingerprint density at radius 2 is 1.86 bits per heavy atom. The van der Waals surface area contributed by atoms with Crippen LogP contribution in [-0.2, 0) is 9.84 Å². The number of rotatable bonds is 3. The van der Waals surface area contributed by atoms with Crippen LogP contribution < -0.4 is 0 Å². The van der Waals surface area contributed by atoms with Crippen LogP contribution in [-0.4, -0.2) is 8.42 Å². The summed E-state index contributed by atoms with van der Waals surface area (Å²) in [6, 6.07) is 8.31. The van der Waals surface area contributed by atoms with E-state index in [9.17, 15) is 8.42 Å². The van der Waals surface area contributed by atoms with Gasteiger partial charge < -0.3 is 0 Å². The Morgan fingerprint density at radius 3 is 2.36 bits per heavy atom. The van der Waals surface area contributed by atoms with Crippen molar-refractivity contribution in [3.05, 3.63) is 54.0 Å². The monoisotopic (exact) mass is 208 g/mol. The molecule has 3 heteroatoms. The molecule has 0 N–H and O–H groups in total. The molecule has 74 valence electrons. The van der Waals surface area contributed by atoms with Crippen molar-refractivity contribution in [3.63, 3.8) is 0 Å². The van der Waals surface area contributed by atoms with Gasteiger partial charge in [0.05, 0.1) is 4.90 Å². The normalized spacial score (nSPS) is 11.8. The van der Waals surface area contributed by atoms with Crippen molar-refractivity contribution in [2.45, 2.75) is 11.8 Å². The molecule has 1 aromatic rings. The summed E-state index contributed by atoms with van der Waals surface area (Å²) in [6.07, 6.45) is 1.49. The summed E-state index contributed by atoms with van der Waals surface area (Å²) in [5.74, 6) is 0. The lowest BCUT2D eigenvalue weighted by atomic mass is 10.4. The van der Waals surface area contributed by atoms with Gasteiger partial charge in [0.1, 0.15) is 0 Å². The van der Waals surface area contributed by atoms with Gasteiger partial charge in [-0.3, -0.25) is 0 Å². The van der Waals surface area contributed by atoms with E-state index >= 15 is 0 Å². The largest absolute Gasteiger partial charge is 0.219 e. The maximum atomic E-state index is 11.6. The molecule has 0 radical (unpaired) electrons. The first-order chi connectivity index (χ1) is 6.52. The standard InChI is InChI=1S/C11H12O2S/c1-10(2)8-9-14(12,13)11-6-4-3-5-7-11/h3-9H,1H2,2H3. The Balaban J connectivity index is 3.05. The Hall–Kier alpha value is -1.35. The Bertz CT molecular complexity index is 441. The highest BCUT2D eigenvalue weighted by atomic mass is 32.2.